The van der Waals surface area contributed by atoms with Crippen LogP contribution in [0.1, 0.15) is 38.2 Å². The lowest BCUT2D eigenvalue weighted by molar-refractivity contribution is 0.0453. The average Bonchev–Trinajstić information content (AvgIpc) is 2.75. The van der Waals surface area contributed by atoms with E-state index in [0.29, 0.717) is 5.39 Å². The van der Waals surface area contributed by atoms with Crippen LogP contribution in [0.2, 0.25) is 0 Å². The van der Waals surface area contributed by atoms with E-state index in [4.69, 9.17) is 9.47 Å². The number of nitrogens with zero attached hydrogens (tertiary/aromatic N) is 2. The third-order valence-electron chi connectivity index (χ3n) is 2.70. The molecule has 118 valence electrons. The molecule has 0 aliphatic carbocycles. The molecule has 7 nitrogen and oxygen atoms in total. The number of hydrogen-bond donors (Lipinski definition) is 1. The lowest BCUT2D eigenvalue weighted by atomic mass is 10.2. The average molecular weight is 306 g/mol. The molecule has 22 heavy (non-hydrogen) atoms. The summed E-state index contributed by atoms with van der Waals surface area (Å²) in [5.41, 5.74) is -0.599. The Labute approximate surface area is 127 Å². The highest BCUT2D eigenvalue weighted by Gasteiger charge is 2.26. The molecule has 0 aliphatic heterocycles. The van der Waals surface area contributed by atoms with Crippen LogP contribution in [0.15, 0.2) is 18.2 Å². The molecule has 1 N–H and O–H groups in total. The molecule has 2 aromatic rings. The number of hydrogen-bond acceptors (Lipinski definition) is 6. The van der Waals surface area contributed by atoms with Crippen molar-refractivity contribution in [3.8, 4) is 5.88 Å². The molecule has 0 saturated carbocycles. The summed E-state index contributed by atoms with van der Waals surface area (Å²) >= 11 is 0. The van der Waals surface area contributed by atoms with Crippen LogP contribution in [-0.2, 0) is 9.47 Å². The molecule has 0 saturated heterocycles. The first-order valence-corrected chi connectivity index (χ1v) is 6.85. The molecular formula is C15H18N2O5. The van der Waals surface area contributed by atoms with Gasteiger partial charge in [-0.05, 0) is 39.8 Å². The minimum absolute atomic E-state index is 0.00389. The number of ether oxygens (including phenoxy) is 2. The number of esters is 1. The zero-order valence-electron chi connectivity index (χ0n) is 12.9. The van der Waals surface area contributed by atoms with Crippen molar-refractivity contribution in [3.63, 3.8) is 0 Å². The molecule has 0 unspecified atom stereocenters. The van der Waals surface area contributed by atoms with Crippen molar-refractivity contribution >= 4 is 23.1 Å². The van der Waals surface area contributed by atoms with Crippen LogP contribution < -0.4 is 0 Å². The van der Waals surface area contributed by atoms with Crippen LogP contribution in [0.3, 0.4) is 0 Å². The van der Waals surface area contributed by atoms with Crippen LogP contribution in [0.4, 0.5) is 4.79 Å². The second-order valence-corrected chi connectivity index (χ2v) is 5.65. The van der Waals surface area contributed by atoms with Crippen molar-refractivity contribution in [2.45, 2.75) is 33.3 Å². The van der Waals surface area contributed by atoms with Crippen LogP contribution in [0, 0.1) is 0 Å². The fourth-order valence-corrected chi connectivity index (χ4v) is 1.91. The third-order valence-corrected chi connectivity index (χ3v) is 2.70. The molecule has 7 heteroatoms. The molecule has 0 aromatic carbocycles. The fourth-order valence-electron chi connectivity index (χ4n) is 1.91. The summed E-state index contributed by atoms with van der Waals surface area (Å²) in [4.78, 5) is 28.3. The number of pyridine rings is 1. The minimum Gasteiger partial charge on any atom is -0.493 e. The SMILES string of the molecule is CCOC(=O)c1cc2ccc(O)nc2n1C(=O)OC(C)(C)C. The Morgan fingerprint density at radius 3 is 2.59 bits per heavy atom. The molecule has 0 amide bonds. The Morgan fingerprint density at radius 1 is 1.32 bits per heavy atom. The van der Waals surface area contributed by atoms with Gasteiger partial charge in [0.25, 0.3) is 0 Å². The van der Waals surface area contributed by atoms with E-state index in [9.17, 15) is 14.7 Å². The maximum Gasteiger partial charge on any atom is 0.420 e. The number of carbonyl (C=O) groups is 2. The summed E-state index contributed by atoms with van der Waals surface area (Å²) in [6.07, 6.45) is -0.761. The standard InChI is InChI=1S/C15H18N2O5/c1-5-21-13(19)10-8-9-6-7-11(18)16-12(9)17(10)14(20)22-15(2,3)4/h6-8H,5H2,1-4H3,(H,16,18). The van der Waals surface area contributed by atoms with Gasteiger partial charge in [0.15, 0.2) is 5.65 Å². The van der Waals surface area contributed by atoms with Crippen LogP contribution in [-0.4, -0.2) is 38.9 Å². The molecular weight excluding hydrogens is 288 g/mol. The molecule has 0 atom stereocenters. The number of carbonyl (C=O) groups excluding carboxylic acids is 2. The summed E-state index contributed by atoms with van der Waals surface area (Å²) in [5.74, 6) is -0.920. The van der Waals surface area contributed by atoms with Crippen molar-refractivity contribution in [2.24, 2.45) is 0 Å². The van der Waals surface area contributed by atoms with E-state index in [0.717, 1.165) is 4.57 Å². The van der Waals surface area contributed by atoms with Gasteiger partial charge >= 0.3 is 12.1 Å². The number of aromatic hydroxyl groups is 1. The van der Waals surface area contributed by atoms with E-state index < -0.39 is 17.7 Å². The van der Waals surface area contributed by atoms with E-state index in [-0.39, 0.29) is 23.8 Å². The fraction of sp³-hybridized carbons (Fsp3) is 0.400. The largest absolute Gasteiger partial charge is 0.493 e. The summed E-state index contributed by atoms with van der Waals surface area (Å²) in [6.45, 7) is 6.98. The van der Waals surface area contributed by atoms with Gasteiger partial charge in [-0.25, -0.2) is 14.2 Å². The smallest absolute Gasteiger partial charge is 0.420 e. The first kappa shape index (κ1) is 15.8. The van der Waals surface area contributed by atoms with Crippen molar-refractivity contribution in [2.75, 3.05) is 6.61 Å². The van der Waals surface area contributed by atoms with Crippen molar-refractivity contribution in [3.05, 3.63) is 23.9 Å². The Balaban J connectivity index is 2.61. The van der Waals surface area contributed by atoms with E-state index in [2.05, 4.69) is 4.98 Å². The van der Waals surface area contributed by atoms with Crippen LogP contribution >= 0.6 is 0 Å². The van der Waals surface area contributed by atoms with E-state index >= 15 is 0 Å². The van der Waals surface area contributed by atoms with Crippen LogP contribution in [0.25, 0.3) is 11.0 Å². The van der Waals surface area contributed by atoms with Gasteiger partial charge in [0.1, 0.15) is 11.3 Å². The highest BCUT2D eigenvalue weighted by molar-refractivity contribution is 6.00. The number of aromatic nitrogens is 2. The maximum atomic E-state index is 12.4. The van der Waals surface area contributed by atoms with Gasteiger partial charge in [-0.2, -0.15) is 4.98 Å². The van der Waals surface area contributed by atoms with Gasteiger partial charge in [0.2, 0.25) is 5.88 Å². The zero-order chi connectivity index (χ0) is 16.5. The zero-order valence-corrected chi connectivity index (χ0v) is 12.9. The molecule has 2 aromatic heterocycles. The normalized spacial score (nSPS) is 11.5. The van der Waals surface area contributed by atoms with Gasteiger partial charge < -0.3 is 14.6 Å². The summed E-state index contributed by atoms with van der Waals surface area (Å²) < 4.78 is 11.3. The first-order valence-electron chi connectivity index (χ1n) is 6.85. The summed E-state index contributed by atoms with van der Waals surface area (Å²) in [6, 6.07) is 4.40. The molecule has 0 spiro atoms. The second kappa shape index (κ2) is 5.67. The molecule has 0 aliphatic rings. The molecule has 2 rings (SSSR count). The van der Waals surface area contributed by atoms with Crippen molar-refractivity contribution in [1.82, 2.24) is 9.55 Å². The minimum atomic E-state index is -0.761. The van der Waals surface area contributed by atoms with Gasteiger partial charge in [-0.15, -0.1) is 0 Å². The predicted molar refractivity (Wildman–Crippen MR) is 79.0 cm³/mol. The number of rotatable bonds is 2. The third kappa shape index (κ3) is 3.19. The highest BCUT2D eigenvalue weighted by Crippen LogP contribution is 2.23. The lowest BCUT2D eigenvalue weighted by Gasteiger charge is -2.20. The quantitative estimate of drug-likeness (QED) is 0.858. The maximum absolute atomic E-state index is 12.4. The summed E-state index contributed by atoms with van der Waals surface area (Å²) in [7, 11) is 0. The lowest BCUT2D eigenvalue weighted by Crippen LogP contribution is -2.29. The summed E-state index contributed by atoms with van der Waals surface area (Å²) in [5, 5.41) is 10.0. The van der Waals surface area contributed by atoms with Crippen LogP contribution in [0.5, 0.6) is 5.88 Å². The molecule has 2 heterocycles. The van der Waals surface area contributed by atoms with E-state index in [1.807, 2.05) is 0 Å². The molecule has 0 bridgehead atoms. The number of fused-ring (bicyclic) bond motifs is 1. The van der Waals surface area contributed by atoms with Gasteiger partial charge in [0, 0.05) is 11.5 Å². The Bertz CT molecular complexity index is 727. The van der Waals surface area contributed by atoms with Crippen molar-refractivity contribution in [1.29, 1.82) is 0 Å². The second-order valence-electron chi connectivity index (χ2n) is 5.65. The predicted octanol–water partition coefficient (Wildman–Crippen LogP) is 2.70. The monoisotopic (exact) mass is 306 g/mol. The van der Waals surface area contributed by atoms with Gasteiger partial charge in [-0.3, -0.25) is 0 Å². The first-order chi connectivity index (χ1) is 10.2. The highest BCUT2D eigenvalue weighted by atomic mass is 16.6. The van der Waals surface area contributed by atoms with Gasteiger partial charge in [0.05, 0.1) is 6.61 Å². The molecule has 0 fully saturated rings. The van der Waals surface area contributed by atoms with Crippen molar-refractivity contribution < 1.29 is 24.2 Å². The van der Waals surface area contributed by atoms with Gasteiger partial charge in [-0.1, -0.05) is 0 Å². The molecule has 0 radical (unpaired) electrons. The topological polar surface area (TPSA) is 90.6 Å². The van der Waals surface area contributed by atoms with E-state index in [1.165, 1.54) is 12.1 Å². The Hall–Kier alpha value is -2.57. The Morgan fingerprint density at radius 2 is 2.00 bits per heavy atom. The van der Waals surface area contributed by atoms with E-state index in [1.54, 1.807) is 33.8 Å². The Kier molecular flexibility index (Phi) is 4.07.